The molecule has 0 fully saturated rings. The molecule has 4 rings (SSSR count). The predicted molar refractivity (Wildman–Crippen MR) is 108 cm³/mol. The van der Waals surface area contributed by atoms with Gasteiger partial charge in [-0.25, -0.2) is 4.79 Å². The third kappa shape index (κ3) is 3.64. The molecular weight excluding hydrogens is 374 g/mol. The van der Waals surface area contributed by atoms with Gasteiger partial charge in [-0.15, -0.1) is 0 Å². The van der Waals surface area contributed by atoms with E-state index in [0.29, 0.717) is 0 Å². The van der Waals surface area contributed by atoms with Crippen LogP contribution < -0.4 is 5.32 Å². The molecule has 28 heavy (non-hydrogen) atoms. The number of amides is 1. The van der Waals surface area contributed by atoms with E-state index in [9.17, 15) is 9.59 Å². The highest BCUT2D eigenvalue weighted by molar-refractivity contribution is 7.08. The third-order valence-electron chi connectivity index (χ3n) is 4.96. The quantitative estimate of drug-likeness (QED) is 0.631. The van der Waals surface area contributed by atoms with Gasteiger partial charge < -0.3 is 15.2 Å². The van der Waals surface area contributed by atoms with Crippen molar-refractivity contribution in [2.24, 2.45) is 0 Å². The van der Waals surface area contributed by atoms with Gasteiger partial charge in [0.1, 0.15) is 6.61 Å². The van der Waals surface area contributed by atoms with Crippen molar-refractivity contribution in [1.82, 2.24) is 5.32 Å². The number of ether oxygens (including phenoxy) is 1. The van der Waals surface area contributed by atoms with Gasteiger partial charge in [0.25, 0.3) is 0 Å². The molecule has 142 valence electrons. The molecule has 0 radical (unpaired) electrons. The number of nitrogens with one attached hydrogen (secondary N) is 1. The Morgan fingerprint density at radius 3 is 2.25 bits per heavy atom. The largest absolute Gasteiger partial charge is 0.481 e. The maximum atomic E-state index is 12.4. The molecule has 0 saturated carbocycles. The Kier molecular flexibility index (Phi) is 5.12. The minimum atomic E-state index is -0.977. The van der Waals surface area contributed by atoms with Gasteiger partial charge in [-0.3, -0.25) is 4.79 Å². The number of hydrogen-bond donors (Lipinski definition) is 2. The smallest absolute Gasteiger partial charge is 0.407 e. The summed E-state index contributed by atoms with van der Waals surface area (Å²) < 4.78 is 5.51. The number of rotatable bonds is 6. The van der Waals surface area contributed by atoms with Crippen LogP contribution in [0.25, 0.3) is 11.1 Å². The molecule has 6 heteroatoms. The fraction of sp³-hybridized carbons (Fsp3) is 0.182. The number of carbonyl (C=O) groups excluding carboxylic acids is 1. The summed E-state index contributed by atoms with van der Waals surface area (Å²) in [6, 6.07) is 17.4. The Morgan fingerprint density at radius 1 is 1.04 bits per heavy atom. The number of hydrogen-bond acceptors (Lipinski definition) is 4. The van der Waals surface area contributed by atoms with Crippen molar-refractivity contribution in [2.45, 2.75) is 18.4 Å². The Labute approximate surface area is 166 Å². The number of carboxylic acids is 1. The zero-order valence-corrected chi connectivity index (χ0v) is 15.8. The second kappa shape index (κ2) is 7.86. The van der Waals surface area contributed by atoms with Crippen molar-refractivity contribution < 1.29 is 19.4 Å². The van der Waals surface area contributed by atoms with E-state index >= 15 is 0 Å². The standard InChI is InChI=1S/C22H19NO4S/c24-21(25)11-20(14-9-10-28-13-14)23-22(26)27-12-19-17-7-3-1-5-15(17)16-6-2-4-8-18(16)19/h1-10,13,19-20H,11-12H2,(H,23,26)(H,24,25)/t20-/m1/s1. The van der Waals surface area contributed by atoms with Gasteiger partial charge >= 0.3 is 12.1 Å². The molecule has 1 atom stereocenters. The fourth-order valence-electron chi connectivity index (χ4n) is 3.68. The van der Waals surface area contributed by atoms with Gasteiger partial charge in [0, 0.05) is 5.92 Å². The molecule has 1 aliphatic carbocycles. The van der Waals surface area contributed by atoms with Gasteiger partial charge in [0.2, 0.25) is 0 Å². The van der Waals surface area contributed by atoms with Crippen molar-refractivity contribution >= 4 is 23.4 Å². The van der Waals surface area contributed by atoms with Crippen LogP contribution in [0.1, 0.15) is 35.1 Å². The molecule has 2 aromatic carbocycles. The maximum Gasteiger partial charge on any atom is 0.407 e. The summed E-state index contributed by atoms with van der Waals surface area (Å²) >= 11 is 1.46. The minimum absolute atomic E-state index is 0.0304. The first kappa shape index (κ1) is 18.3. The van der Waals surface area contributed by atoms with Crippen LogP contribution in [0.2, 0.25) is 0 Å². The van der Waals surface area contributed by atoms with Crippen LogP contribution in [0.15, 0.2) is 65.4 Å². The second-order valence-electron chi connectivity index (χ2n) is 6.68. The monoisotopic (exact) mass is 393 g/mol. The minimum Gasteiger partial charge on any atom is -0.481 e. The molecule has 0 spiro atoms. The lowest BCUT2D eigenvalue weighted by Gasteiger charge is -2.18. The Balaban J connectivity index is 1.47. The molecule has 0 unspecified atom stereocenters. The van der Waals surface area contributed by atoms with Crippen LogP contribution in [-0.4, -0.2) is 23.8 Å². The molecular formula is C22H19NO4S. The topological polar surface area (TPSA) is 75.6 Å². The summed E-state index contributed by atoms with van der Waals surface area (Å²) in [6.07, 6.45) is -0.805. The normalized spacial score (nSPS) is 13.4. The number of fused-ring (bicyclic) bond motifs is 3. The van der Waals surface area contributed by atoms with Crippen LogP contribution in [0.4, 0.5) is 4.79 Å². The number of carboxylic acid groups (broad SMARTS) is 1. The summed E-state index contributed by atoms with van der Waals surface area (Å²) in [5.41, 5.74) is 5.36. The van der Waals surface area contributed by atoms with E-state index in [-0.39, 0.29) is 18.9 Å². The lowest BCUT2D eigenvalue weighted by molar-refractivity contribution is -0.137. The molecule has 1 amide bonds. The van der Waals surface area contributed by atoms with Crippen LogP contribution in [-0.2, 0) is 9.53 Å². The highest BCUT2D eigenvalue weighted by Crippen LogP contribution is 2.44. The van der Waals surface area contributed by atoms with Crippen molar-refractivity contribution in [3.63, 3.8) is 0 Å². The summed E-state index contributed by atoms with van der Waals surface area (Å²) in [6.45, 7) is 0.198. The van der Waals surface area contributed by atoms with Crippen LogP contribution in [0, 0.1) is 0 Å². The van der Waals surface area contributed by atoms with Gasteiger partial charge in [0.05, 0.1) is 12.5 Å². The number of thiophene rings is 1. The van der Waals surface area contributed by atoms with Crippen LogP contribution in [0.5, 0.6) is 0 Å². The third-order valence-corrected chi connectivity index (χ3v) is 5.66. The van der Waals surface area contributed by atoms with Gasteiger partial charge in [-0.2, -0.15) is 11.3 Å². The highest BCUT2D eigenvalue weighted by atomic mass is 32.1. The first-order chi connectivity index (χ1) is 13.6. The van der Waals surface area contributed by atoms with Gasteiger partial charge in [0.15, 0.2) is 0 Å². The van der Waals surface area contributed by atoms with Crippen molar-refractivity contribution in [1.29, 1.82) is 0 Å². The van der Waals surface area contributed by atoms with Gasteiger partial charge in [-0.05, 0) is 44.6 Å². The summed E-state index contributed by atoms with van der Waals surface area (Å²) in [7, 11) is 0. The molecule has 5 nitrogen and oxygen atoms in total. The summed E-state index contributed by atoms with van der Waals surface area (Å²) in [5.74, 6) is -1.01. The van der Waals surface area contributed by atoms with E-state index in [2.05, 4.69) is 29.6 Å². The van der Waals surface area contributed by atoms with Crippen molar-refractivity contribution in [3.8, 4) is 11.1 Å². The first-order valence-corrected chi connectivity index (χ1v) is 9.93. The van der Waals surface area contributed by atoms with E-state index < -0.39 is 18.1 Å². The Morgan fingerprint density at radius 2 is 1.68 bits per heavy atom. The van der Waals surface area contributed by atoms with E-state index in [0.717, 1.165) is 27.8 Å². The SMILES string of the molecule is O=C(O)C[C@@H](NC(=O)OCC1c2ccccc2-c2ccccc21)c1ccsc1. The second-order valence-corrected chi connectivity index (χ2v) is 7.46. The number of aliphatic carboxylic acids is 1. The summed E-state index contributed by atoms with van der Waals surface area (Å²) in [5, 5.41) is 15.5. The average Bonchev–Trinajstić information content (AvgIpc) is 3.32. The van der Waals surface area contributed by atoms with Crippen LogP contribution in [0.3, 0.4) is 0 Å². The molecule has 0 saturated heterocycles. The van der Waals surface area contributed by atoms with E-state index in [1.54, 1.807) is 0 Å². The van der Waals surface area contributed by atoms with Crippen LogP contribution >= 0.6 is 11.3 Å². The Bertz CT molecular complexity index is 954. The summed E-state index contributed by atoms with van der Waals surface area (Å²) in [4.78, 5) is 23.5. The average molecular weight is 393 g/mol. The zero-order valence-electron chi connectivity index (χ0n) is 15.0. The zero-order chi connectivity index (χ0) is 19.5. The maximum absolute atomic E-state index is 12.4. The molecule has 3 aromatic rings. The number of benzene rings is 2. The first-order valence-electron chi connectivity index (χ1n) is 8.99. The molecule has 1 aromatic heterocycles. The number of carbonyl (C=O) groups is 2. The predicted octanol–water partition coefficient (Wildman–Crippen LogP) is 4.80. The molecule has 0 aliphatic heterocycles. The lowest BCUT2D eigenvalue weighted by Crippen LogP contribution is -2.31. The van der Waals surface area contributed by atoms with E-state index in [1.807, 2.05) is 41.1 Å². The van der Waals surface area contributed by atoms with E-state index in [1.165, 1.54) is 11.3 Å². The lowest BCUT2D eigenvalue weighted by atomic mass is 9.98. The molecule has 1 heterocycles. The number of alkyl carbamates (subject to hydrolysis) is 1. The van der Waals surface area contributed by atoms with Gasteiger partial charge in [-0.1, -0.05) is 48.5 Å². The van der Waals surface area contributed by atoms with Crippen molar-refractivity contribution in [3.05, 3.63) is 82.0 Å². The molecule has 2 N–H and O–H groups in total. The Hall–Kier alpha value is -3.12. The van der Waals surface area contributed by atoms with Crippen molar-refractivity contribution in [2.75, 3.05) is 6.61 Å². The van der Waals surface area contributed by atoms with E-state index in [4.69, 9.17) is 9.84 Å². The highest BCUT2D eigenvalue weighted by Gasteiger charge is 2.29. The fourth-order valence-corrected chi connectivity index (χ4v) is 4.40. The molecule has 1 aliphatic rings. The molecule has 0 bridgehead atoms.